The largest absolute Gasteiger partial charge is 0.497 e. The predicted octanol–water partition coefficient (Wildman–Crippen LogP) is 4.37. The van der Waals surface area contributed by atoms with Crippen LogP contribution < -0.4 is 9.64 Å². The average molecular weight is 571 g/mol. The van der Waals surface area contributed by atoms with E-state index in [1.54, 1.807) is 40.8 Å². The van der Waals surface area contributed by atoms with Crippen LogP contribution in [0.2, 0.25) is 0 Å². The number of aliphatic hydroxyl groups excluding tert-OH is 1. The van der Waals surface area contributed by atoms with Gasteiger partial charge in [0.15, 0.2) is 0 Å². The summed E-state index contributed by atoms with van der Waals surface area (Å²) in [5, 5.41) is 9.17. The summed E-state index contributed by atoms with van der Waals surface area (Å²) >= 11 is 1.65. The summed E-state index contributed by atoms with van der Waals surface area (Å²) in [5.41, 5.74) is 0.699. The van der Waals surface area contributed by atoms with Crippen molar-refractivity contribution in [3.8, 4) is 5.75 Å². The first kappa shape index (κ1) is 30.2. The van der Waals surface area contributed by atoms with E-state index in [0.717, 1.165) is 25.7 Å². The van der Waals surface area contributed by atoms with E-state index in [2.05, 4.69) is 13.2 Å². The van der Waals surface area contributed by atoms with Gasteiger partial charge in [0.05, 0.1) is 30.3 Å². The number of hydrogen-bond acceptors (Lipinski definition) is 7. The molecule has 1 aromatic rings. The van der Waals surface area contributed by atoms with Gasteiger partial charge in [-0.1, -0.05) is 25.0 Å². The highest BCUT2D eigenvalue weighted by molar-refractivity contribution is 8.02. The van der Waals surface area contributed by atoms with Gasteiger partial charge in [0.25, 0.3) is 5.91 Å². The van der Waals surface area contributed by atoms with Gasteiger partial charge in [-0.25, -0.2) is 0 Å². The summed E-state index contributed by atoms with van der Waals surface area (Å²) in [6.07, 6.45) is 8.48. The van der Waals surface area contributed by atoms with Crippen LogP contribution in [0.25, 0.3) is 0 Å². The second-order valence-corrected chi connectivity index (χ2v) is 13.0. The Morgan fingerprint density at radius 1 is 1.15 bits per heavy atom. The number of fused-ring (bicyclic) bond motifs is 1. The van der Waals surface area contributed by atoms with Gasteiger partial charge in [0.1, 0.15) is 11.8 Å². The summed E-state index contributed by atoms with van der Waals surface area (Å²) in [5.74, 6) is -1.17. The molecule has 3 fully saturated rings. The fraction of sp³-hybridized carbons (Fsp3) is 0.581. The minimum absolute atomic E-state index is 0.129. The standard InChI is InChI=1S/C31H42N2O6S/c1-5-7-21-39-29(37)25-24-27(35)33(19-10-8-9-11-20-34)26(31(24)17-16-30(25,3)40-31)28(36)32(18-6-2)22-12-14-23(38-4)15-13-22/h5-6,12-15,24-26,34H,1-2,7-11,16-21H2,3-4H3/t24-,25+,26?,30-,31?/m0/s1. The summed E-state index contributed by atoms with van der Waals surface area (Å²) < 4.78 is 9.76. The molecule has 3 aliphatic heterocycles. The number of aliphatic hydroxyl groups is 1. The lowest BCUT2D eigenvalue weighted by atomic mass is 9.66. The van der Waals surface area contributed by atoms with Gasteiger partial charge >= 0.3 is 5.97 Å². The number of unbranched alkanes of at least 4 members (excludes halogenated alkanes) is 3. The van der Waals surface area contributed by atoms with Gasteiger partial charge in [-0.15, -0.1) is 24.9 Å². The summed E-state index contributed by atoms with van der Waals surface area (Å²) in [6, 6.07) is 6.59. The van der Waals surface area contributed by atoms with E-state index in [9.17, 15) is 14.4 Å². The van der Waals surface area contributed by atoms with Crippen molar-refractivity contribution in [2.24, 2.45) is 11.8 Å². The maximum absolute atomic E-state index is 14.6. The molecular formula is C31H42N2O6S. The van der Waals surface area contributed by atoms with Gasteiger partial charge in [0, 0.05) is 30.1 Å². The van der Waals surface area contributed by atoms with E-state index in [0.29, 0.717) is 37.2 Å². The molecule has 0 saturated carbocycles. The van der Waals surface area contributed by atoms with Crippen LogP contribution >= 0.6 is 11.8 Å². The van der Waals surface area contributed by atoms with Crippen LogP contribution in [0.5, 0.6) is 5.75 Å². The molecule has 1 aromatic carbocycles. The number of thioether (sulfide) groups is 1. The molecule has 2 amide bonds. The number of nitrogens with zero attached hydrogens (tertiary/aromatic N) is 2. The molecule has 3 aliphatic rings. The van der Waals surface area contributed by atoms with Crippen LogP contribution in [-0.4, -0.2) is 76.7 Å². The number of hydrogen-bond donors (Lipinski definition) is 1. The van der Waals surface area contributed by atoms with E-state index in [1.165, 1.54) is 0 Å². The molecule has 0 aliphatic carbocycles. The first-order valence-electron chi connectivity index (χ1n) is 14.2. The zero-order valence-electron chi connectivity index (χ0n) is 23.7. The molecule has 0 radical (unpaired) electrons. The fourth-order valence-corrected chi connectivity index (χ4v) is 9.08. The van der Waals surface area contributed by atoms with Crippen molar-refractivity contribution in [1.82, 2.24) is 4.90 Å². The van der Waals surface area contributed by atoms with Crippen molar-refractivity contribution in [3.05, 3.63) is 49.6 Å². The lowest BCUT2D eigenvalue weighted by Crippen LogP contribution is -2.55. The third-order valence-corrected chi connectivity index (χ3v) is 10.6. The quantitative estimate of drug-likeness (QED) is 0.190. The minimum Gasteiger partial charge on any atom is -0.497 e. The Bertz CT molecular complexity index is 1110. The first-order valence-corrected chi connectivity index (χ1v) is 15.0. The lowest BCUT2D eigenvalue weighted by molar-refractivity contribution is -0.155. The minimum atomic E-state index is -0.706. The molecule has 2 unspecified atom stereocenters. The SMILES string of the molecule is C=CCCOC(=O)[C@H]1[C@H]2C(=O)N(CCCCCCO)C(C(=O)N(CC=C)c3ccc(OC)cc3)C23CC[C@]1(C)S3. The Labute approximate surface area is 241 Å². The number of likely N-dealkylation sites (tertiary alicyclic amines) is 1. The Balaban J connectivity index is 1.70. The first-order chi connectivity index (χ1) is 19.3. The number of carbonyl (C=O) groups is 3. The normalized spacial score (nSPS) is 28.3. The average Bonchev–Trinajstić information content (AvgIpc) is 3.52. The van der Waals surface area contributed by atoms with E-state index in [4.69, 9.17) is 14.6 Å². The second-order valence-electron chi connectivity index (χ2n) is 11.1. The fourth-order valence-electron chi connectivity index (χ4n) is 6.74. The molecule has 2 bridgehead atoms. The van der Waals surface area contributed by atoms with Crippen molar-refractivity contribution in [2.45, 2.75) is 67.4 Å². The Kier molecular flexibility index (Phi) is 9.67. The molecule has 9 heteroatoms. The zero-order chi connectivity index (χ0) is 28.9. The molecule has 218 valence electrons. The van der Waals surface area contributed by atoms with E-state index >= 15 is 0 Å². The molecule has 8 nitrogen and oxygen atoms in total. The summed E-state index contributed by atoms with van der Waals surface area (Å²) in [6.45, 7) is 10.7. The van der Waals surface area contributed by atoms with Gasteiger partial charge in [-0.2, -0.15) is 0 Å². The number of anilines is 1. The zero-order valence-corrected chi connectivity index (χ0v) is 24.5. The van der Waals surface area contributed by atoms with E-state index in [1.807, 2.05) is 31.2 Å². The topological polar surface area (TPSA) is 96.4 Å². The molecule has 1 N–H and O–H groups in total. The highest BCUT2D eigenvalue weighted by Gasteiger charge is 2.77. The molecule has 0 aromatic heterocycles. The summed E-state index contributed by atoms with van der Waals surface area (Å²) in [7, 11) is 1.59. The molecule has 4 rings (SSSR count). The highest BCUT2D eigenvalue weighted by Crippen LogP contribution is 2.71. The maximum Gasteiger partial charge on any atom is 0.311 e. The Hall–Kier alpha value is -2.78. The van der Waals surface area contributed by atoms with Crippen LogP contribution in [0.3, 0.4) is 0 Å². The number of carbonyl (C=O) groups excluding carboxylic acids is 3. The number of esters is 1. The van der Waals surface area contributed by atoms with Gasteiger partial charge < -0.3 is 24.4 Å². The maximum atomic E-state index is 14.6. The lowest BCUT2D eigenvalue weighted by Gasteiger charge is -2.37. The molecule has 5 atom stereocenters. The van der Waals surface area contributed by atoms with Crippen molar-refractivity contribution < 1.29 is 29.0 Å². The molecule has 3 saturated heterocycles. The molecule has 40 heavy (non-hydrogen) atoms. The number of methoxy groups -OCH3 is 1. The third-order valence-electron chi connectivity index (χ3n) is 8.60. The van der Waals surface area contributed by atoms with Crippen molar-refractivity contribution in [3.63, 3.8) is 0 Å². The van der Waals surface area contributed by atoms with Crippen LogP contribution in [0.4, 0.5) is 5.69 Å². The number of benzene rings is 1. The molecule has 3 heterocycles. The second kappa shape index (κ2) is 12.8. The molecular weight excluding hydrogens is 528 g/mol. The third kappa shape index (κ3) is 5.42. The number of rotatable bonds is 15. The monoisotopic (exact) mass is 570 g/mol. The van der Waals surface area contributed by atoms with Crippen molar-refractivity contribution in [2.75, 3.05) is 38.3 Å². The molecule has 1 spiro atoms. The van der Waals surface area contributed by atoms with Gasteiger partial charge in [-0.05, 0) is 63.3 Å². The predicted molar refractivity (Wildman–Crippen MR) is 157 cm³/mol. The van der Waals surface area contributed by atoms with Crippen LogP contribution in [0.1, 0.15) is 51.9 Å². The van der Waals surface area contributed by atoms with Gasteiger partial charge in [0.2, 0.25) is 5.91 Å². The number of amides is 2. The van der Waals surface area contributed by atoms with Crippen LogP contribution in [0.15, 0.2) is 49.6 Å². The van der Waals surface area contributed by atoms with Crippen molar-refractivity contribution in [1.29, 1.82) is 0 Å². The Morgan fingerprint density at radius 2 is 1.88 bits per heavy atom. The van der Waals surface area contributed by atoms with Crippen molar-refractivity contribution >= 4 is 35.2 Å². The Morgan fingerprint density at radius 3 is 2.52 bits per heavy atom. The van der Waals surface area contributed by atoms with E-state index in [-0.39, 0.29) is 37.5 Å². The van der Waals surface area contributed by atoms with Gasteiger partial charge in [-0.3, -0.25) is 14.4 Å². The van der Waals surface area contributed by atoms with E-state index < -0.39 is 27.4 Å². The van der Waals surface area contributed by atoms with Crippen LogP contribution in [-0.2, 0) is 19.1 Å². The van der Waals surface area contributed by atoms with Crippen LogP contribution in [0, 0.1) is 11.8 Å². The summed E-state index contributed by atoms with van der Waals surface area (Å²) in [4.78, 5) is 45.7. The highest BCUT2D eigenvalue weighted by atomic mass is 32.2. The number of ether oxygens (including phenoxy) is 2. The smallest absolute Gasteiger partial charge is 0.311 e.